The molecule has 150 valence electrons. The van der Waals surface area contributed by atoms with Gasteiger partial charge in [-0.05, 0) is 62.7 Å². The Hall–Kier alpha value is -1.71. The van der Waals surface area contributed by atoms with Gasteiger partial charge in [0.25, 0.3) is 5.69 Å². The average molecular weight is 397 g/mol. The van der Waals surface area contributed by atoms with Crippen LogP contribution in [0.5, 0.6) is 0 Å². The molecule has 1 aromatic carbocycles. The Kier molecular flexibility index (Phi) is 6.02. The third-order valence-electron chi connectivity index (χ3n) is 5.72. The van der Waals surface area contributed by atoms with Crippen molar-refractivity contribution in [2.24, 2.45) is 17.0 Å². The van der Waals surface area contributed by atoms with Gasteiger partial charge in [-0.15, -0.1) is 0 Å². The fourth-order valence-electron chi connectivity index (χ4n) is 4.14. The topological polar surface area (TPSA) is 110 Å². The molecule has 1 atom stereocenters. The molecule has 2 saturated heterocycles. The number of nitro benzene ring substituents is 1. The van der Waals surface area contributed by atoms with Crippen LogP contribution < -0.4 is 10.0 Å². The van der Waals surface area contributed by atoms with Crippen LogP contribution in [0.1, 0.15) is 32.6 Å². The number of hydrogen-bond donors (Lipinski definition) is 1. The summed E-state index contributed by atoms with van der Waals surface area (Å²) in [5.41, 5.74) is 0.276. The third kappa shape index (κ3) is 4.97. The normalized spacial score (nSPS) is 22.7. The second-order valence-corrected chi connectivity index (χ2v) is 9.45. The quantitative estimate of drug-likeness (QED) is 0.603. The lowest BCUT2D eigenvalue weighted by Crippen LogP contribution is -2.43. The first kappa shape index (κ1) is 20.0. The highest BCUT2D eigenvalue weighted by Gasteiger charge is 2.28. The lowest BCUT2D eigenvalue weighted by atomic mass is 9.94. The number of primary sulfonamides is 1. The SMILES string of the molecule is CC1CCN(CC2CCCN(c3ccc(S(N)(=O)=O)cc3[N+](=O)[O-])C2)CC1. The number of sulfonamides is 1. The first-order valence-electron chi connectivity index (χ1n) is 9.52. The van der Waals surface area contributed by atoms with Gasteiger partial charge < -0.3 is 9.80 Å². The van der Waals surface area contributed by atoms with Crippen molar-refractivity contribution in [2.45, 2.75) is 37.5 Å². The van der Waals surface area contributed by atoms with Crippen molar-refractivity contribution in [1.82, 2.24) is 4.90 Å². The average Bonchev–Trinajstić information content (AvgIpc) is 2.62. The highest BCUT2D eigenvalue weighted by atomic mass is 32.2. The van der Waals surface area contributed by atoms with E-state index in [9.17, 15) is 18.5 Å². The minimum absolute atomic E-state index is 0.200. The van der Waals surface area contributed by atoms with E-state index >= 15 is 0 Å². The highest BCUT2D eigenvalue weighted by Crippen LogP contribution is 2.33. The van der Waals surface area contributed by atoms with Gasteiger partial charge in [0.05, 0.1) is 9.82 Å². The summed E-state index contributed by atoms with van der Waals surface area (Å²) >= 11 is 0. The van der Waals surface area contributed by atoms with Crippen molar-refractivity contribution < 1.29 is 13.3 Å². The monoisotopic (exact) mass is 396 g/mol. The Morgan fingerprint density at radius 3 is 2.56 bits per heavy atom. The summed E-state index contributed by atoms with van der Waals surface area (Å²) in [5.74, 6) is 1.26. The summed E-state index contributed by atoms with van der Waals surface area (Å²) < 4.78 is 23.1. The molecule has 2 fully saturated rings. The number of rotatable bonds is 5. The van der Waals surface area contributed by atoms with Gasteiger partial charge in [0.15, 0.2) is 0 Å². The molecule has 0 aromatic heterocycles. The molecule has 9 heteroatoms. The predicted octanol–water partition coefficient (Wildman–Crippen LogP) is 2.19. The van der Waals surface area contributed by atoms with E-state index in [0.29, 0.717) is 11.6 Å². The lowest BCUT2D eigenvalue weighted by molar-refractivity contribution is -0.384. The molecule has 2 N–H and O–H groups in total. The van der Waals surface area contributed by atoms with E-state index in [-0.39, 0.29) is 10.6 Å². The summed E-state index contributed by atoms with van der Waals surface area (Å²) in [6, 6.07) is 3.94. The predicted molar refractivity (Wildman–Crippen MR) is 104 cm³/mol. The number of nitro groups is 1. The Morgan fingerprint density at radius 1 is 1.22 bits per heavy atom. The van der Waals surface area contributed by atoms with E-state index < -0.39 is 14.9 Å². The third-order valence-corrected chi connectivity index (χ3v) is 6.64. The van der Waals surface area contributed by atoms with Crippen molar-refractivity contribution in [3.63, 3.8) is 0 Å². The molecule has 27 heavy (non-hydrogen) atoms. The van der Waals surface area contributed by atoms with E-state index in [0.717, 1.165) is 57.5 Å². The van der Waals surface area contributed by atoms with Gasteiger partial charge in [-0.25, -0.2) is 13.6 Å². The molecular weight excluding hydrogens is 368 g/mol. The van der Waals surface area contributed by atoms with Crippen molar-refractivity contribution in [2.75, 3.05) is 37.6 Å². The smallest absolute Gasteiger partial charge is 0.293 e. The van der Waals surface area contributed by atoms with E-state index in [1.54, 1.807) is 0 Å². The number of piperidine rings is 2. The minimum atomic E-state index is -3.97. The van der Waals surface area contributed by atoms with Gasteiger partial charge in [-0.1, -0.05) is 6.92 Å². The molecule has 0 spiro atoms. The molecule has 2 aliphatic heterocycles. The van der Waals surface area contributed by atoms with Crippen molar-refractivity contribution in [3.8, 4) is 0 Å². The van der Waals surface area contributed by atoms with E-state index in [2.05, 4.69) is 11.8 Å². The second kappa shape index (κ2) is 8.12. The molecule has 0 radical (unpaired) electrons. The Bertz CT molecular complexity index is 791. The standard InChI is InChI=1S/C18H28N4O4S/c1-14-6-9-20(10-7-14)12-15-3-2-8-21(13-15)17-5-4-16(27(19,25)26)11-18(17)22(23)24/h4-5,11,14-15H,2-3,6-10,12-13H2,1H3,(H2,19,25,26). The summed E-state index contributed by atoms with van der Waals surface area (Å²) in [7, 11) is -3.97. The molecule has 0 aliphatic carbocycles. The first-order chi connectivity index (χ1) is 12.7. The zero-order chi connectivity index (χ0) is 19.6. The van der Waals surface area contributed by atoms with Crippen LogP contribution in [0.4, 0.5) is 11.4 Å². The van der Waals surface area contributed by atoms with E-state index in [4.69, 9.17) is 5.14 Å². The van der Waals surface area contributed by atoms with E-state index in [1.807, 2.05) is 4.90 Å². The van der Waals surface area contributed by atoms with Gasteiger partial charge in [0.1, 0.15) is 5.69 Å². The van der Waals surface area contributed by atoms with Gasteiger partial charge in [0.2, 0.25) is 10.0 Å². The molecule has 1 unspecified atom stereocenters. The molecule has 0 saturated carbocycles. The minimum Gasteiger partial charge on any atom is -0.366 e. The van der Waals surface area contributed by atoms with Crippen LogP contribution in [0.15, 0.2) is 23.1 Å². The summed E-state index contributed by atoms with van der Waals surface area (Å²) in [6.45, 7) is 7.06. The van der Waals surface area contributed by atoms with Gasteiger partial charge in [-0.3, -0.25) is 10.1 Å². The van der Waals surface area contributed by atoms with Crippen LogP contribution >= 0.6 is 0 Å². The zero-order valence-electron chi connectivity index (χ0n) is 15.7. The maximum atomic E-state index is 11.5. The van der Waals surface area contributed by atoms with Crippen LogP contribution in [0.25, 0.3) is 0 Å². The van der Waals surface area contributed by atoms with Crippen LogP contribution in [0.2, 0.25) is 0 Å². The zero-order valence-corrected chi connectivity index (χ0v) is 16.5. The number of nitrogens with two attached hydrogens (primary N) is 1. The second-order valence-electron chi connectivity index (χ2n) is 7.89. The largest absolute Gasteiger partial charge is 0.366 e. The lowest BCUT2D eigenvalue weighted by Gasteiger charge is -2.38. The summed E-state index contributed by atoms with van der Waals surface area (Å²) in [5, 5.41) is 16.6. The molecule has 0 bridgehead atoms. The van der Waals surface area contributed by atoms with E-state index in [1.165, 1.54) is 25.0 Å². The molecule has 1 aromatic rings. The van der Waals surface area contributed by atoms with Crippen LogP contribution in [-0.2, 0) is 10.0 Å². The van der Waals surface area contributed by atoms with Crippen LogP contribution in [0, 0.1) is 22.0 Å². The summed E-state index contributed by atoms with van der Waals surface area (Å²) in [6.07, 6.45) is 4.56. The molecule has 8 nitrogen and oxygen atoms in total. The molecular formula is C18H28N4O4S. The van der Waals surface area contributed by atoms with Crippen LogP contribution in [0.3, 0.4) is 0 Å². The van der Waals surface area contributed by atoms with Crippen molar-refractivity contribution in [3.05, 3.63) is 28.3 Å². The fourth-order valence-corrected chi connectivity index (χ4v) is 4.67. The van der Waals surface area contributed by atoms with Gasteiger partial charge in [-0.2, -0.15) is 0 Å². The molecule has 2 heterocycles. The number of hydrogen-bond acceptors (Lipinski definition) is 6. The first-order valence-corrected chi connectivity index (χ1v) is 11.1. The molecule has 3 rings (SSSR count). The maximum Gasteiger partial charge on any atom is 0.293 e. The Balaban J connectivity index is 1.74. The molecule has 0 amide bonds. The number of nitrogens with zero attached hydrogens (tertiary/aromatic N) is 3. The number of benzene rings is 1. The van der Waals surface area contributed by atoms with Crippen molar-refractivity contribution >= 4 is 21.4 Å². The fraction of sp³-hybridized carbons (Fsp3) is 0.667. The van der Waals surface area contributed by atoms with Gasteiger partial charge in [0, 0.05) is 25.7 Å². The number of likely N-dealkylation sites (tertiary alicyclic amines) is 1. The van der Waals surface area contributed by atoms with Crippen LogP contribution in [-0.4, -0.2) is 51.0 Å². The Morgan fingerprint density at radius 2 is 1.93 bits per heavy atom. The summed E-state index contributed by atoms with van der Waals surface area (Å²) in [4.78, 5) is 15.3. The van der Waals surface area contributed by atoms with Crippen molar-refractivity contribution in [1.29, 1.82) is 0 Å². The Labute approximate surface area is 160 Å². The highest BCUT2D eigenvalue weighted by molar-refractivity contribution is 7.89. The molecule has 2 aliphatic rings. The maximum absolute atomic E-state index is 11.5. The van der Waals surface area contributed by atoms with Gasteiger partial charge >= 0.3 is 0 Å². The number of anilines is 1.